The van der Waals surface area contributed by atoms with Gasteiger partial charge in [0, 0.05) is 51.7 Å². The normalized spacial score (nSPS) is 26.5. The zero-order chi connectivity index (χ0) is 18.4. The van der Waals surface area contributed by atoms with Gasteiger partial charge in [0.05, 0.1) is 6.26 Å². The number of hydrogen-bond donors (Lipinski definition) is 1. The molecular weight excluding hydrogens is 330 g/mol. The van der Waals surface area contributed by atoms with Crippen LogP contribution in [0.15, 0.2) is 28.9 Å². The van der Waals surface area contributed by atoms with E-state index in [2.05, 4.69) is 27.8 Å². The molecular formula is C20H31N3O3. The molecule has 1 aromatic heterocycles. The first-order chi connectivity index (χ1) is 12.6. The number of carbonyl (C=O) groups is 1. The molecule has 2 saturated heterocycles. The minimum atomic E-state index is -0.683. The van der Waals surface area contributed by atoms with Gasteiger partial charge in [-0.3, -0.25) is 14.6 Å². The molecule has 1 N–H and O–H groups in total. The van der Waals surface area contributed by atoms with Crippen LogP contribution in [-0.2, 0) is 4.79 Å². The van der Waals surface area contributed by atoms with E-state index in [0.717, 1.165) is 64.4 Å². The number of aliphatic carboxylic acids is 1. The van der Waals surface area contributed by atoms with Gasteiger partial charge in [0.2, 0.25) is 0 Å². The van der Waals surface area contributed by atoms with Crippen molar-refractivity contribution in [2.75, 3.05) is 52.9 Å². The van der Waals surface area contributed by atoms with Gasteiger partial charge in [-0.2, -0.15) is 0 Å². The molecule has 0 bridgehead atoms. The van der Waals surface area contributed by atoms with Crippen LogP contribution in [0.3, 0.4) is 0 Å². The zero-order valence-corrected chi connectivity index (χ0v) is 15.7. The lowest BCUT2D eigenvalue weighted by molar-refractivity contribution is -0.137. The van der Waals surface area contributed by atoms with E-state index in [-0.39, 0.29) is 6.42 Å². The number of rotatable bonds is 7. The molecule has 2 fully saturated rings. The summed E-state index contributed by atoms with van der Waals surface area (Å²) in [7, 11) is 2.17. The highest BCUT2D eigenvalue weighted by molar-refractivity contribution is 5.66. The molecule has 2 atom stereocenters. The predicted molar refractivity (Wildman–Crippen MR) is 102 cm³/mol. The van der Waals surface area contributed by atoms with Crippen LogP contribution in [-0.4, -0.2) is 84.7 Å². The van der Waals surface area contributed by atoms with Crippen molar-refractivity contribution in [1.82, 2.24) is 14.7 Å². The minimum absolute atomic E-state index is 0.269. The Bertz CT molecular complexity index is 579. The maximum absolute atomic E-state index is 11.1. The number of hydrogen-bond acceptors (Lipinski definition) is 5. The van der Waals surface area contributed by atoms with E-state index in [1.807, 2.05) is 18.2 Å². The van der Waals surface area contributed by atoms with Gasteiger partial charge in [-0.05, 0) is 50.6 Å². The first-order valence-electron chi connectivity index (χ1n) is 9.68. The molecule has 0 unspecified atom stereocenters. The second-order valence-corrected chi connectivity index (χ2v) is 7.57. The molecule has 0 radical (unpaired) electrons. The van der Waals surface area contributed by atoms with Gasteiger partial charge in [-0.15, -0.1) is 0 Å². The first kappa shape index (κ1) is 19.1. The Morgan fingerprint density at radius 1 is 1.31 bits per heavy atom. The summed E-state index contributed by atoms with van der Waals surface area (Å²) in [6, 6.07) is 4.36. The third-order valence-electron chi connectivity index (χ3n) is 5.70. The van der Waals surface area contributed by atoms with Crippen LogP contribution in [0.1, 0.15) is 25.0 Å². The quantitative estimate of drug-likeness (QED) is 0.803. The van der Waals surface area contributed by atoms with E-state index >= 15 is 0 Å². The third-order valence-corrected chi connectivity index (χ3v) is 5.70. The van der Waals surface area contributed by atoms with E-state index in [9.17, 15) is 4.79 Å². The van der Waals surface area contributed by atoms with Gasteiger partial charge in [0.25, 0.3) is 0 Å². The monoisotopic (exact) mass is 361 g/mol. The Hall–Kier alpha value is -1.63. The van der Waals surface area contributed by atoms with Gasteiger partial charge in [-0.25, -0.2) is 0 Å². The van der Waals surface area contributed by atoms with E-state index in [1.54, 1.807) is 6.26 Å². The van der Waals surface area contributed by atoms with Crippen molar-refractivity contribution in [1.29, 1.82) is 0 Å². The summed E-state index contributed by atoms with van der Waals surface area (Å²) in [6.45, 7) is 7.36. The van der Waals surface area contributed by atoms with Gasteiger partial charge in [0.15, 0.2) is 0 Å². The van der Waals surface area contributed by atoms with Crippen LogP contribution >= 0.6 is 0 Å². The first-order valence-corrected chi connectivity index (χ1v) is 9.68. The summed E-state index contributed by atoms with van der Waals surface area (Å²) in [5.74, 6) is 0.622. The number of piperidine rings is 1. The van der Waals surface area contributed by atoms with Gasteiger partial charge in [-0.1, -0.05) is 6.08 Å². The number of furan rings is 1. The second-order valence-electron chi connectivity index (χ2n) is 7.57. The molecule has 2 aliphatic rings. The van der Waals surface area contributed by atoms with Gasteiger partial charge >= 0.3 is 5.97 Å². The molecule has 0 amide bonds. The zero-order valence-electron chi connectivity index (χ0n) is 15.7. The summed E-state index contributed by atoms with van der Waals surface area (Å²) in [4.78, 5) is 18.5. The Morgan fingerprint density at radius 2 is 2.12 bits per heavy atom. The van der Waals surface area contributed by atoms with Crippen LogP contribution < -0.4 is 0 Å². The maximum Gasteiger partial charge on any atom is 0.303 e. The fourth-order valence-electron chi connectivity index (χ4n) is 4.19. The molecule has 0 saturated carbocycles. The molecule has 144 valence electrons. The van der Waals surface area contributed by atoms with Crippen LogP contribution in [0.4, 0.5) is 0 Å². The summed E-state index contributed by atoms with van der Waals surface area (Å²) in [5, 5.41) is 9.13. The number of piperazine rings is 1. The molecule has 3 rings (SSSR count). The fraction of sp³-hybridized carbons (Fsp3) is 0.650. The van der Waals surface area contributed by atoms with Crippen molar-refractivity contribution >= 4 is 12.0 Å². The van der Waals surface area contributed by atoms with Crippen molar-refractivity contribution in [3.63, 3.8) is 0 Å². The van der Waals surface area contributed by atoms with Crippen molar-refractivity contribution in [3.8, 4) is 0 Å². The third kappa shape index (κ3) is 5.43. The second kappa shape index (κ2) is 9.35. The van der Waals surface area contributed by atoms with E-state index < -0.39 is 5.97 Å². The van der Waals surface area contributed by atoms with Gasteiger partial charge in [0.1, 0.15) is 5.76 Å². The highest BCUT2D eigenvalue weighted by Gasteiger charge is 2.34. The van der Waals surface area contributed by atoms with Crippen molar-refractivity contribution < 1.29 is 14.3 Å². The molecule has 0 aromatic carbocycles. The SMILES string of the molecule is CN1CCN([C@@H]2CCN(C/C=C/c3ccco3)C[C@@H]2CCC(=O)O)CC1. The molecule has 0 aliphatic carbocycles. The summed E-state index contributed by atoms with van der Waals surface area (Å²) < 4.78 is 5.33. The van der Waals surface area contributed by atoms with Crippen molar-refractivity contribution in [2.45, 2.75) is 25.3 Å². The largest absolute Gasteiger partial charge is 0.481 e. The van der Waals surface area contributed by atoms with Gasteiger partial charge < -0.3 is 14.4 Å². The molecule has 6 nitrogen and oxygen atoms in total. The Labute approximate surface area is 156 Å². The van der Waals surface area contributed by atoms with Crippen LogP contribution in [0, 0.1) is 5.92 Å². The van der Waals surface area contributed by atoms with Crippen LogP contribution in [0.25, 0.3) is 6.08 Å². The molecule has 2 aliphatic heterocycles. The molecule has 6 heteroatoms. The Balaban J connectivity index is 1.56. The number of nitrogens with zero attached hydrogens (tertiary/aromatic N) is 3. The standard InChI is InChI=1S/C20H31N3O3/c1-21-11-13-23(14-12-21)19-8-10-22(16-17(19)6-7-20(24)25)9-2-4-18-5-3-15-26-18/h2-5,15,17,19H,6-14,16H2,1H3,(H,24,25)/b4-2+/t17-,19+/m0/s1. The predicted octanol–water partition coefficient (Wildman–Crippen LogP) is 2.10. The van der Waals surface area contributed by atoms with Crippen molar-refractivity contribution in [3.05, 3.63) is 30.2 Å². The highest BCUT2D eigenvalue weighted by Crippen LogP contribution is 2.27. The lowest BCUT2D eigenvalue weighted by Gasteiger charge is -2.46. The number of carboxylic acid groups (broad SMARTS) is 1. The maximum atomic E-state index is 11.1. The van der Waals surface area contributed by atoms with E-state index in [1.165, 1.54) is 0 Å². The van der Waals surface area contributed by atoms with Crippen LogP contribution in [0.5, 0.6) is 0 Å². The van der Waals surface area contributed by atoms with Crippen molar-refractivity contribution in [2.24, 2.45) is 5.92 Å². The van der Waals surface area contributed by atoms with E-state index in [0.29, 0.717) is 12.0 Å². The summed E-state index contributed by atoms with van der Waals surface area (Å²) in [5.41, 5.74) is 0. The number of carboxylic acids is 1. The Kier molecular flexibility index (Phi) is 6.88. The molecule has 3 heterocycles. The van der Waals surface area contributed by atoms with Crippen LogP contribution in [0.2, 0.25) is 0 Å². The molecule has 1 aromatic rings. The lowest BCUT2D eigenvalue weighted by atomic mass is 9.86. The highest BCUT2D eigenvalue weighted by atomic mass is 16.4. The summed E-state index contributed by atoms with van der Waals surface area (Å²) >= 11 is 0. The Morgan fingerprint density at radius 3 is 2.81 bits per heavy atom. The smallest absolute Gasteiger partial charge is 0.303 e. The van der Waals surface area contributed by atoms with E-state index in [4.69, 9.17) is 9.52 Å². The fourth-order valence-corrected chi connectivity index (χ4v) is 4.19. The average Bonchev–Trinajstić information content (AvgIpc) is 3.14. The number of likely N-dealkylation sites (N-methyl/N-ethyl adjacent to an activating group) is 1. The lowest BCUT2D eigenvalue weighted by Crippen LogP contribution is -2.56. The average molecular weight is 361 g/mol. The molecule has 26 heavy (non-hydrogen) atoms. The number of likely N-dealkylation sites (tertiary alicyclic amines) is 1. The summed E-state index contributed by atoms with van der Waals surface area (Å²) in [6.07, 6.45) is 8.00. The minimum Gasteiger partial charge on any atom is -0.481 e. The topological polar surface area (TPSA) is 60.2 Å². The molecule has 0 spiro atoms.